The first kappa shape index (κ1) is 12.6. The quantitative estimate of drug-likeness (QED) is 0.453. The Hall–Kier alpha value is -1.45. The topological polar surface area (TPSA) is 55.7 Å². The minimum Gasteiger partial charge on any atom is -0.465 e. The van der Waals surface area contributed by atoms with Crippen LogP contribution in [0, 0.1) is 0 Å². The summed E-state index contributed by atoms with van der Waals surface area (Å²) in [5.41, 5.74) is 0.237. The molecule has 86 valence electrons. The van der Waals surface area contributed by atoms with Gasteiger partial charge in [0.05, 0.1) is 7.11 Å². The van der Waals surface area contributed by atoms with Gasteiger partial charge in [0.15, 0.2) is 0 Å². The van der Waals surface area contributed by atoms with E-state index in [-0.39, 0.29) is 5.41 Å². The van der Waals surface area contributed by atoms with Gasteiger partial charge in [0.1, 0.15) is 10.6 Å². The number of ether oxygens (including phenoxy) is 1. The van der Waals surface area contributed by atoms with Crippen LogP contribution in [0.2, 0.25) is 0 Å². The Bertz CT molecular complexity index is 450. The lowest BCUT2D eigenvalue weighted by molar-refractivity contribution is 0.0607. The molecule has 0 fully saturated rings. The van der Waals surface area contributed by atoms with Crippen LogP contribution < -0.4 is 0 Å². The van der Waals surface area contributed by atoms with Crippen molar-refractivity contribution in [2.75, 3.05) is 7.11 Å². The number of methoxy groups -OCH3 is 1. The highest BCUT2D eigenvalue weighted by molar-refractivity contribution is 7.14. The molecule has 0 radical (unpaired) electrons. The van der Waals surface area contributed by atoms with Gasteiger partial charge >= 0.3 is 5.97 Å². The van der Waals surface area contributed by atoms with Crippen LogP contribution in [0.1, 0.15) is 35.3 Å². The van der Waals surface area contributed by atoms with Crippen molar-refractivity contribution in [2.45, 2.75) is 26.2 Å². The predicted molar refractivity (Wildman–Crippen MR) is 62.1 cm³/mol. The maximum Gasteiger partial charge on any atom is 0.350 e. The van der Waals surface area contributed by atoms with Gasteiger partial charge in [-0.2, -0.15) is 4.99 Å². The number of rotatable bonds is 2. The van der Waals surface area contributed by atoms with E-state index in [1.165, 1.54) is 24.5 Å². The van der Waals surface area contributed by atoms with Crippen molar-refractivity contribution >= 4 is 29.1 Å². The predicted octanol–water partition coefficient (Wildman–Crippen LogP) is 2.80. The van der Waals surface area contributed by atoms with Crippen molar-refractivity contribution in [1.29, 1.82) is 0 Å². The van der Waals surface area contributed by atoms with E-state index in [4.69, 9.17) is 0 Å². The smallest absolute Gasteiger partial charge is 0.350 e. The third-order valence-electron chi connectivity index (χ3n) is 1.99. The second-order valence-corrected chi connectivity index (χ2v) is 5.32. The third-order valence-corrected chi connectivity index (χ3v) is 3.52. The van der Waals surface area contributed by atoms with Crippen LogP contribution in [0.15, 0.2) is 11.1 Å². The highest BCUT2D eigenvalue weighted by Crippen LogP contribution is 2.36. The average Bonchev–Trinajstić information content (AvgIpc) is 2.61. The van der Waals surface area contributed by atoms with Crippen molar-refractivity contribution in [3.63, 3.8) is 0 Å². The normalized spacial score (nSPS) is 10.8. The number of thiophene rings is 1. The summed E-state index contributed by atoms with van der Waals surface area (Å²) in [5, 5.41) is 0. The molecule has 0 aromatic carbocycles. The van der Waals surface area contributed by atoms with Crippen LogP contribution in [0.5, 0.6) is 0 Å². The van der Waals surface area contributed by atoms with Crippen LogP contribution in [0.25, 0.3) is 0 Å². The molecule has 5 heteroatoms. The SMILES string of the molecule is COC(=O)c1sc(C(C)(C)C)cc1N=C=O. The van der Waals surface area contributed by atoms with Crippen LogP contribution in [-0.2, 0) is 14.9 Å². The van der Waals surface area contributed by atoms with Gasteiger partial charge in [0.2, 0.25) is 6.08 Å². The van der Waals surface area contributed by atoms with E-state index in [9.17, 15) is 9.59 Å². The molecule has 1 aromatic heterocycles. The van der Waals surface area contributed by atoms with E-state index in [0.717, 1.165) is 4.88 Å². The molecule has 0 saturated carbocycles. The maximum absolute atomic E-state index is 11.4. The molecular weight excluding hydrogens is 226 g/mol. The van der Waals surface area contributed by atoms with Gasteiger partial charge in [0.25, 0.3) is 0 Å². The zero-order chi connectivity index (χ0) is 12.3. The molecule has 1 aromatic rings. The number of carbonyl (C=O) groups is 1. The number of hydrogen-bond acceptors (Lipinski definition) is 5. The van der Waals surface area contributed by atoms with Gasteiger partial charge in [-0.25, -0.2) is 9.59 Å². The van der Waals surface area contributed by atoms with Gasteiger partial charge in [-0.1, -0.05) is 20.8 Å². The van der Waals surface area contributed by atoms with Gasteiger partial charge in [-0.05, 0) is 11.5 Å². The lowest BCUT2D eigenvalue weighted by Crippen LogP contribution is -2.07. The number of carbonyl (C=O) groups excluding carboxylic acids is 2. The van der Waals surface area contributed by atoms with E-state index in [2.05, 4.69) is 9.73 Å². The second-order valence-electron chi connectivity index (χ2n) is 4.27. The Morgan fingerprint density at radius 3 is 2.56 bits per heavy atom. The summed E-state index contributed by atoms with van der Waals surface area (Å²) < 4.78 is 4.63. The number of isocyanates is 1. The zero-order valence-corrected chi connectivity index (χ0v) is 10.5. The van der Waals surface area contributed by atoms with Crippen molar-refractivity contribution in [3.8, 4) is 0 Å². The average molecular weight is 239 g/mol. The minimum atomic E-state index is -0.477. The summed E-state index contributed by atoms with van der Waals surface area (Å²) in [6.45, 7) is 6.07. The molecule has 0 N–H and O–H groups in total. The first-order chi connectivity index (χ1) is 7.40. The summed E-state index contributed by atoms with van der Waals surface area (Å²) in [5.74, 6) is -0.477. The highest BCUT2D eigenvalue weighted by atomic mass is 32.1. The standard InChI is InChI=1S/C11H13NO3S/c1-11(2,3)8-5-7(12-6-13)9(16-8)10(14)15-4/h5H,1-4H3. The monoisotopic (exact) mass is 239 g/mol. The third kappa shape index (κ3) is 2.56. The molecule has 16 heavy (non-hydrogen) atoms. The van der Waals surface area contributed by atoms with Crippen molar-refractivity contribution < 1.29 is 14.3 Å². The Labute approximate surface area is 98.0 Å². The van der Waals surface area contributed by atoms with Gasteiger partial charge in [-0.3, -0.25) is 0 Å². The molecule has 1 heterocycles. The van der Waals surface area contributed by atoms with E-state index < -0.39 is 5.97 Å². The molecule has 0 bridgehead atoms. The number of nitrogens with zero attached hydrogens (tertiary/aromatic N) is 1. The maximum atomic E-state index is 11.4. The summed E-state index contributed by atoms with van der Waals surface area (Å²) >= 11 is 1.29. The van der Waals surface area contributed by atoms with Crippen molar-refractivity contribution in [3.05, 3.63) is 15.8 Å². The van der Waals surface area contributed by atoms with Crippen molar-refractivity contribution in [1.82, 2.24) is 0 Å². The molecule has 0 atom stereocenters. The lowest BCUT2D eigenvalue weighted by atomic mass is 9.95. The molecule has 0 saturated heterocycles. The molecule has 1 rings (SSSR count). The van der Waals surface area contributed by atoms with Crippen LogP contribution >= 0.6 is 11.3 Å². The van der Waals surface area contributed by atoms with Gasteiger partial charge < -0.3 is 4.74 Å². The summed E-state index contributed by atoms with van der Waals surface area (Å²) in [4.78, 5) is 26.5. The molecule has 0 aliphatic rings. The highest BCUT2D eigenvalue weighted by Gasteiger charge is 2.23. The first-order valence-corrected chi connectivity index (χ1v) is 5.52. The molecule has 0 aliphatic carbocycles. The van der Waals surface area contributed by atoms with Gasteiger partial charge in [0, 0.05) is 4.88 Å². The summed E-state index contributed by atoms with van der Waals surface area (Å²) in [7, 11) is 1.30. The van der Waals surface area contributed by atoms with Crippen LogP contribution in [0.4, 0.5) is 5.69 Å². The van der Waals surface area contributed by atoms with Crippen molar-refractivity contribution in [2.24, 2.45) is 4.99 Å². The largest absolute Gasteiger partial charge is 0.465 e. The fourth-order valence-corrected chi connectivity index (χ4v) is 2.19. The fraction of sp³-hybridized carbons (Fsp3) is 0.455. The molecular formula is C11H13NO3S. The molecule has 0 aliphatic heterocycles. The summed E-state index contributed by atoms with van der Waals surface area (Å²) in [6.07, 6.45) is 1.44. The Morgan fingerprint density at radius 1 is 1.50 bits per heavy atom. The Kier molecular flexibility index (Phi) is 3.62. The van der Waals surface area contributed by atoms with E-state index >= 15 is 0 Å². The summed E-state index contributed by atoms with van der Waals surface area (Å²) in [6, 6.07) is 1.72. The Morgan fingerprint density at radius 2 is 2.12 bits per heavy atom. The minimum absolute atomic E-state index is 0.0932. The molecule has 0 spiro atoms. The van der Waals surface area contributed by atoms with E-state index in [1.54, 1.807) is 6.07 Å². The Balaban J connectivity index is 3.31. The lowest BCUT2D eigenvalue weighted by Gasteiger charge is -2.14. The first-order valence-electron chi connectivity index (χ1n) is 4.70. The molecule has 0 unspecified atom stereocenters. The molecule has 4 nitrogen and oxygen atoms in total. The number of aliphatic imine (C=N–C) groups is 1. The van der Waals surface area contributed by atoms with E-state index in [1.807, 2.05) is 20.8 Å². The second kappa shape index (κ2) is 4.60. The number of esters is 1. The number of hydrogen-bond donors (Lipinski definition) is 0. The fourth-order valence-electron chi connectivity index (χ4n) is 1.12. The van der Waals surface area contributed by atoms with Crippen LogP contribution in [0.3, 0.4) is 0 Å². The van der Waals surface area contributed by atoms with Crippen LogP contribution in [-0.4, -0.2) is 19.2 Å². The molecule has 0 amide bonds. The zero-order valence-electron chi connectivity index (χ0n) is 9.66. The van der Waals surface area contributed by atoms with E-state index in [0.29, 0.717) is 10.6 Å². The van der Waals surface area contributed by atoms with Gasteiger partial charge in [-0.15, -0.1) is 11.3 Å².